The SMILES string of the molecule is CCC(Sc1nc(O)cc(=O)[nH]1)C(=O)Nc1ccc(C(C)C)cc1. The molecule has 0 aliphatic rings. The van der Waals surface area contributed by atoms with E-state index in [4.69, 9.17) is 0 Å². The molecular weight excluding hydrogens is 326 g/mol. The lowest BCUT2D eigenvalue weighted by Crippen LogP contribution is -2.25. The Hall–Kier alpha value is -2.28. The molecule has 0 saturated heterocycles. The summed E-state index contributed by atoms with van der Waals surface area (Å²) < 4.78 is 0. The number of H-pyrrole nitrogens is 1. The highest BCUT2D eigenvalue weighted by Gasteiger charge is 2.19. The van der Waals surface area contributed by atoms with Gasteiger partial charge in [-0.15, -0.1) is 0 Å². The fourth-order valence-corrected chi connectivity index (χ4v) is 3.02. The van der Waals surface area contributed by atoms with Crippen LogP contribution in [0.2, 0.25) is 0 Å². The molecule has 0 spiro atoms. The van der Waals surface area contributed by atoms with Gasteiger partial charge in [0.25, 0.3) is 5.56 Å². The van der Waals surface area contributed by atoms with Gasteiger partial charge in [0.05, 0.1) is 11.3 Å². The number of carbonyl (C=O) groups excluding carboxylic acids is 1. The van der Waals surface area contributed by atoms with Crippen LogP contribution in [0.3, 0.4) is 0 Å². The Morgan fingerprint density at radius 3 is 2.54 bits per heavy atom. The van der Waals surface area contributed by atoms with Gasteiger partial charge in [0.1, 0.15) is 0 Å². The molecule has 0 radical (unpaired) electrons. The molecule has 3 N–H and O–H groups in total. The lowest BCUT2D eigenvalue weighted by Gasteiger charge is -2.14. The van der Waals surface area contributed by atoms with Crippen LogP contribution in [-0.4, -0.2) is 26.2 Å². The topological polar surface area (TPSA) is 95.1 Å². The van der Waals surface area contributed by atoms with Crippen molar-refractivity contribution in [1.29, 1.82) is 0 Å². The van der Waals surface area contributed by atoms with E-state index in [9.17, 15) is 14.7 Å². The van der Waals surface area contributed by atoms with Crippen LogP contribution in [0.5, 0.6) is 5.88 Å². The van der Waals surface area contributed by atoms with Gasteiger partial charge in [-0.05, 0) is 30.0 Å². The monoisotopic (exact) mass is 347 g/mol. The molecule has 7 heteroatoms. The fraction of sp³-hybridized carbons (Fsp3) is 0.353. The highest BCUT2D eigenvalue weighted by Crippen LogP contribution is 2.24. The Bertz CT molecular complexity index is 756. The number of hydrogen-bond acceptors (Lipinski definition) is 5. The largest absolute Gasteiger partial charge is 0.493 e. The van der Waals surface area contributed by atoms with Gasteiger partial charge in [-0.25, -0.2) is 0 Å². The molecule has 0 saturated carbocycles. The maximum Gasteiger partial charge on any atom is 0.255 e. The molecule has 1 aromatic carbocycles. The number of nitrogens with one attached hydrogen (secondary N) is 2. The predicted octanol–water partition coefficient (Wildman–Crippen LogP) is 3.11. The Morgan fingerprint density at radius 2 is 2.00 bits per heavy atom. The smallest absolute Gasteiger partial charge is 0.255 e. The van der Waals surface area contributed by atoms with Crippen molar-refractivity contribution in [1.82, 2.24) is 9.97 Å². The van der Waals surface area contributed by atoms with Gasteiger partial charge in [0.2, 0.25) is 11.8 Å². The van der Waals surface area contributed by atoms with Gasteiger partial charge < -0.3 is 15.4 Å². The van der Waals surface area contributed by atoms with Crippen molar-refractivity contribution in [3.05, 3.63) is 46.2 Å². The van der Waals surface area contributed by atoms with E-state index in [-0.39, 0.29) is 16.9 Å². The molecule has 0 aliphatic heterocycles. The summed E-state index contributed by atoms with van der Waals surface area (Å²) in [7, 11) is 0. The maximum absolute atomic E-state index is 12.4. The van der Waals surface area contributed by atoms with E-state index >= 15 is 0 Å². The highest BCUT2D eigenvalue weighted by atomic mass is 32.2. The van der Waals surface area contributed by atoms with Crippen LogP contribution in [0.25, 0.3) is 0 Å². The minimum atomic E-state index is -0.454. The summed E-state index contributed by atoms with van der Waals surface area (Å²) in [5.41, 5.74) is 1.47. The fourth-order valence-electron chi connectivity index (χ4n) is 2.11. The number of thioether (sulfide) groups is 1. The number of rotatable bonds is 6. The lowest BCUT2D eigenvalue weighted by atomic mass is 10.0. The molecule has 2 rings (SSSR count). The van der Waals surface area contributed by atoms with Crippen molar-refractivity contribution in [3.63, 3.8) is 0 Å². The summed E-state index contributed by atoms with van der Waals surface area (Å²) in [4.78, 5) is 30.1. The second-order valence-corrected chi connectivity index (χ2v) is 6.88. The third-order valence-corrected chi connectivity index (χ3v) is 4.72. The van der Waals surface area contributed by atoms with Crippen LogP contribution < -0.4 is 10.9 Å². The van der Waals surface area contributed by atoms with Crippen molar-refractivity contribution in [2.24, 2.45) is 0 Å². The average molecular weight is 347 g/mol. The van der Waals surface area contributed by atoms with Crippen molar-refractivity contribution < 1.29 is 9.90 Å². The molecule has 1 amide bonds. The summed E-state index contributed by atoms with van der Waals surface area (Å²) in [5.74, 6) is -0.103. The van der Waals surface area contributed by atoms with Gasteiger partial charge in [-0.1, -0.05) is 44.7 Å². The van der Waals surface area contributed by atoms with E-state index in [1.165, 1.54) is 5.56 Å². The van der Waals surface area contributed by atoms with Crippen LogP contribution in [0, 0.1) is 0 Å². The number of hydrogen-bond donors (Lipinski definition) is 3. The minimum Gasteiger partial charge on any atom is -0.493 e. The molecule has 0 aliphatic carbocycles. The molecule has 1 atom stereocenters. The Balaban J connectivity index is 2.06. The third kappa shape index (κ3) is 4.86. The number of aromatic nitrogens is 2. The number of benzene rings is 1. The number of anilines is 1. The first kappa shape index (κ1) is 18.1. The van der Waals surface area contributed by atoms with E-state index in [2.05, 4.69) is 29.1 Å². The number of aromatic hydroxyl groups is 1. The van der Waals surface area contributed by atoms with Crippen molar-refractivity contribution >= 4 is 23.4 Å². The van der Waals surface area contributed by atoms with Gasteiger partial charge in [-0.2, -0.15) is 4.98 Å². The van der Waals surface area contributed by atoms with Gasteiger partial charge >= 0.3 is 0 Å². The molecule has 128 valence electrons. The van der Waals surface area contributed by atoms with Crippen LogP contribution in [0.1, 0.15) is 38.7 Å². The van der Waals surface area contributed by atoms with Crippen LogP contribution in [0.4, 0.5) is 5.69 Å². The highest BCUT2D eigenvalue weighted by molar-refractivity contribution is 8.00. The van der Waals surface area contributed by atoms with Crippen LogP contribution >= 0.6 is 11.8 Å². The normalized spacial score (nSPS) is 12.2. The standard InChI is InChI=1S/C17H21N3O3S/c1-4-13(24-17-19-14(21)9-15(22)20-17)16(23)18-12-7-5-11(6-8-12)10(2)3/h5-10,13H,4H2,1-3H3,(H,18,23)(H2,19,20,21,22). The quantitative estimate of drug-likeness (QED) is 0.551. The van der Waals surface area contributed by atoms with Crippen molar-refractivity contribution in [2.75, 3.05) is 5.32 Å². The maximum atomic E-state index is 12.4. The van der Waals surface area contributed by atoms with Crippen LogP contribution in [0.15, 0.2) is 40.3 Å². The molecule has 1 heterocycles. The zero-order valence-electron chi connectivity index (χ0n) is 13.9. The molecular formula is C17H21N3O3S. The van der Waals surface area contributed by atoms with E-state index in [0.29, 0.717) is 12.3 Å². The van der Waals surface area contributed by atoms with Crippen LogP contribution in [-0.2, 0) is 4.79 Å². The molecule has 6 nitrogen and oxygen atoms in total. The van der Waals surface area contributed by atoms with Crippen molar-refractivity contribution in [2.45, 2.75) is 43.5 Å². The first-order valence-electron chi connectivity index (χ1n) is 7.77. The summed E-state index contributed by atoms with van der Waals surface area (Å²) in [6.07, 6.45) is 0.556. The minimum absolute atomic E-state index is 0.175. The van der Waals surface area contributed by atoms with Gasteiger partial charge in [-0.3, -0.25) is 9.59 Å². The first-order valence-corrected chi connectivity index (χ1v) is 8.64. The van der Waals surface area contributed by atoms with Gasteiger partial charge in [0, 0.05) is 5.69 Å². The van der Waals surface area contributed by atoms with Gasteiger partial charge in [0.15, 0.2) is 5.16 Å². The molecule has 1 aromatic heterocycles. The number of amides is 1. The van der Waals surface area contributed by atoms with E-state index in [1.54, 1.807) is 0 Å². The predicted molar refractivity (Wildman–Crippen MR) is 95.6 cm³/mol. The molecule has 0 fully saturated rings. The molecule has 0 bridgehead atoms. The number of carbonyl (C=O) groups is 1. The van der Waals surface area contributed by atoms with E-state index < -0.39 is 10.8 Å². The second-order valence-electron chi connectivity index (χ2n) is 5.69. The van der Waals surface area contributed by atoms with E-state index in [1.807, 2.05) is 31.2 Å². The summed E-state index contributed by atoms with van der Waals surface area (Å²) in [5, 5.41) is 12.0. The zero-order valence-corrected chi connectivity index (χ0v) is 14.7. The molecule has 2 aromatic rings. The zero-order chi connectivity index (χ0) is 17.7. The lowest BCUT2D eigenvalue weighted by molar-refractivity contribution is -0.115. The molecule has 24 heavy (non-hydrogen) atoms. The summed E-state index contributed by atoms with van der Waals surface area (Å²) >= 11 is 1.11. The average Bonchev–Trinajstić information content (AvgIpc) is 2.52. The summed E-state index contributed by atoms with van der Waals surface area (Å²) in [6, 6.07) is 8.71. The number of aromatic amines is 1. The Kier molecular flexibility index (Phi) is 6.03. The first-order chi connectivity index (χ1) is 11.4. The Labute approximate surface area is 144 Å². The van der Waals surface area contributed by atoms with E-state index in [0.717, 1.165) is 23.5 Å². The third-order valence-electron chi connectivity index (χ3n) is 3.47. The van der Waals surface area contributed by atoms with Crippen molar-refractivity contribution in [3.8, 4) is 5.88 Å². The Morgan fingerprint density at radius 1 is 1.33 bits per heavy atom. The second kappa shape index (κ2) is 8.01. The number of nitrogens with zero attached hydrogens (tertiary/aromatic N) is 1. The molecule has 1 unspecified atom stereocenters. The summed E-state index contributed by atoms with van der Waals surface area (Å²) in [6.45, 7) is 6.10.